The van der Waals surface area contributed by atoms with Crippen molar-refractivity contribution in [3.05, 3.63) is 0 Å². The molecule has 0 spiro atoms. The molecule has 0 unspecified atom stereocenters. The van der Waals surface area contributed by atoms with Gasteiger partial charge in [-0.25, -0.2) is 0 Å². The molecule has 1 N–H and O–H groups in total. The van der Waals surface area contributed by atoms with E-state index >= 15 is 0 Å². The molecule has 72 valence electrons. The molecule has 0 aliphatic heterocycles. The summed E-state index contributed by atoms with van der Waals surface area (Å²) in [6.07, 6.45) is 7.26. The maximum Gasteiger partial charge on any atom is 0.00693 e. The van der Waals surface area contributed by atoms with Crippen LogP contribution in [0.1, 0.15) is 52.9 Å². The van der Waals surface area contributed by atoms with E-state index in [0.29, 0.717) is 6.04 Å². The lowest BCUT2D eigenvalue weighted by molar-refractivity contribution is 0.271. The Balaban J connectivity index is 2.24. The van der Waals surface area contributed by atoms with Gasteiger partial charge in [-0.15, -0.1) is 0 Å². The minimum atomic E-state index is 0.641. The Hall–Kier alpha value is -0.0400. The summed E-state index contributed by atoms with van der Waals surface area (Å²) in [4.78, 5) is 0. The Bertz CT molecular complexity index is 114. The van der Waals surface area contributed by atoms with Gasteiger partial charge in [0.05, 0.1) is 0 Å². The highest BCUT2D eigenvalue weighted by Crippen LogP contribution is 2.26. The van der Waals surface area contributed by atoms with Crippen molar-refractivity contribution in [2.75, 3.05) is 0 Å². The summed E-state index contributed by atoms with van der Waals surface area (Å²) in [6.45, 7) is 6.81. The lowest BCUT2D eigenvalue weighted by Gasteiger charge is -2.29. The molecule has 1 nitrogen and oxygen atoms in total. The van der Waals surface area contributed by atoms with E-state index in [9.17, 15) is 0 Å². The van der Waals surface area contributed by atoms with Crippen LogP contribution < -0.4 is 5.32 Å². The molecule has 1 atom stereocenters. The molecule has 1 aliphatic rings. The molecule has 0 aromatic heterocycles. The van der Waals surface area contributed by atoms with Crippen molar-refractivity contribution in [1.82, 2.24) is 5.32 Å². The zero-order chi connectivity index (χ0) is 8.97. The molecule has 0 saturated heterocycles. The van der Waals surface area contributed by atoms with Crippen molar-refractivity contribution in [2.24, 2.45) is 5.92 Å². The van der Waals surface area contributed by atoms with Crippen LogP contribution in [0.3, 0.4) is 0 Å². The molecule has 0 aromatic carbocycles. The van der Waals surface area contributed by atoms with E-state index in [0.717, 1.165) is 12.0 Å². The summed E-state index contributed by atoms with van der Waals surface area (Å²) in [7, 11) is 0. The third-order valence-electron chi connectivity index (χ3n) is 2.95. The molecule has 0 radical (unpaired) electrons. The topological polar surface area (TPSA) is 12.0 Å². The van der Waals surface area contributed by atoms with Crippen molar-refractivity contribution in [3.63, 3.8) is 0 Å². The standard InChI is InChI=1S/C11H23N/c1-9(2)12-10(3)11-7-5-4-6-8-11/h9-12H,4-8H2,1-3H3/t10-/m1/s1. The van der Waals surface area contributed by atoms with E-state index < -0.39 is 0 Å². The Morgan fingerprint density at radius 2 is 1.58 bits per heavy atom. The van der Waals surface area contributed by atoms with Crippen LogP contribution in [0.15, 0.2) is 0 Å². The molecular weight excluding hydrogens is 146 g/mol. The Morgan fingerprint density at radius 3 is 2.08 bits per heavy atom. The molecule has 1 fully saturated rings. The molecule has 0 amide bonds. The van der Waals surface area contributed by atoms with Gasteiger partial charge in [0.1, 0.15) is 0 Å². The highest BCUT2D eigenvalue weighted by atomic mass is 14.9. The van der Waals surface area contributed by atoms with Crippen LogP contribution in [-0.4, -0.2) is 12.1 Å². The van der Waals surface area contributed by atoms with Gasteiger partial charge in [-0.05, 0) is 25.7 Å². The first-order chi connectivity index (χ1) is 5.70. The van der Waals surface area contributed by atoms with Crippen LogP contribution >= 0.6 is 0 Å². The molecule has 1 aliphatic carbocycles. The maximum atomic E-state index is 3.61. The van der Waals surface area contributed by atoms with E-state index in [1.165, 1.54) is 32.1 Å². The normalized spacial score (nSPS) is 23.0. The number of hydrogen-bond donors (Lipinski definition) is 1. The smallest absolute Gasteiger partial charge is 0.00693 e. The van der Waals surface area contributed by atoms with Gasteiger partial charge in [0, 0.05) is 12.1 Å². The van der Waals surface area contributed by atoms with Crippen molar-refractivity contribution >= 4 is 0 Å². The molecule has 12 heavy (non-hydrogen) atoms. The first kappa shape index (κ1) is 10.0. The highest BCUT2D eigenvalue weighted by molar-refractivity contribution is 4.76. The molecule has 1 saturated carbocycles. The monoisotopic (exact) mass is 169 g/mol. The fourth-order valence-electron chi connectivity index (χ4n) is 2.30. The lowest BCUT2D eigenvalue weighted by Crippen LogP contribution is -2.38. The SMILES string of the molecule is CC(C)N[C@H](C)C1CCCCC1. The van der Waals surface area contributed by atoms with Crippen LogP contribution in [0, 0.1) is 5.92 Å². The predicted molar refractivity (Wildman–Crippen MR) is 54.3 cm³/mol. The molecule has 1 heteroatoms. The second-order valence-electron chi connectivity index (χ2n) is 4.51. The summed E-state index contributed by atoms with van der Waals surface area (Å²) < 4.78 is 0. The summed E-state index contributed by atoms with van der Waals surface area (Å²) in [5.41, 5.74) is 0. The lowest BCUT2D eigenvalue weighted by atomic mass is 9.84. The number of hydrogen-bond acceptors (Lipinski definition) is 1. The third kappa shape index (κ3) is 3.14. The number of nitrogens with one attached hydrogen (secondary N) is 1. The summed E-state index contributed by atoms with van der Waals surface area (Å²) >= 11 is 0. The van der Waals surface area contributed by atoms with Gasteiger partial charge in [0.2, 0.25) is 0 Å². The second-order valence-corrected chi connectivity index (χ2v) is 4.51. The fourth-order valence-corrected chi connectivity index (χ4v) is 2.30. The van der Waals surface area contributed by atoms with Crippen molar-refractivity contribution < 1.29 is 0 Å². The van der Waals surface area contributed by atoms with Crippen molar-refractivity contribution in [1.29, 1.82) is 0 Å². The first-order valence-corrected chi connectivity index (χ1v) is 5.46. The zero-order valence-corrected chi connectivity index (χ0v) is 8.77. The maximum absolute atomic E-state index is 3.61. The third-order valence-corrected chi connectivity index (χ3v) is 2.95. The van der Waals surface area contributed by atoms with Gasteiger partial charge >= 0.3 is 0 Å². The van der Waals surface area contributed by atoms with Gasteiger partial charge in [-0.2, -0.15) is 0 Å². The Morgan fingerprint density at radius 1 is 1.00 bits per heavy atom. The van der Waals surface area contributed by atoms with Crippen molar-refractivity contribution in [3.8, 4) is 0 Å². The van der Waals surface area contributed by atoms with E-state index in [-0.39, 0.29) is 0 Å². The minimum Gasteiger partial charge on any atom is -0.312 e. The van der Waals surface area contributed by atoms with Gasteiger partial charge in [-0.3, -0.25) is 0 Å². The van der Waals surface area contributed by atoms with E-state index in [1.54, 1.807) is 0 Å². The molecule has 0 bridgehead atoms. The number of rotatable bonds is 3. The van der Waals surface area contributed by atoms with Gasteiger partial charge in [-0.1, -0.05) is 33.1 Å². The molecular formula is C11H23N. The average molecular weight is 169 g/mol. The van der Waals surface area contributed by atoms with Crippen LogP contribution in [0.4, 0.5) is 0 Å². The minimum absolute atomic E-state index is 0.641. The zero-order valence-electron chi connectivity index (χ0n) is 8.77. The average Bonchev–Trinajstić information content (AvgIpc) is 2.05. The highest BCUT2D eigenvalue weighted by Gasteiger charge is 2.19. The van der Waals surface area contributed by atoms with Gasteiger partial charge in [0.25, 0.3) is 0 Å². The Labute approximate surface area is 76.9 Å². The molecule has 0 aromatic rings. The molecule has 0 heterocycles. The van der Waals surface area contributed by atoms with Gasteiger partial charge in [0.15, 0.2) is 0 Å². The van der Waals surface area contributed by atoms with Crippen molar-refractivity contribution in [2.45, 2.75) is 65.0 Å². The van der Waals surface area contributed by atoms with Crippen LogP contribution in [0.25, 0.3) is 0 Å². The molecule has 1 rings (SSSR count). The summed E-state index contributed by atoms with van der Waals surface area (Å²) in [5, 5.41) is 3.61. The van der Waals surface area contributed by atoms with Crippen LogP contribution in [-0.2, 0) is 0 Å². The van der Waals surface area contributed by atoms with E-state index in [1.807, 2.05) is 0 Å². The first-order valence-electron chi connectivity index (χ1n) is 5.46. The van der Waals surface area contributed by atoms with Crippen LogP contribution in [0.2, 0.25) is 0 Å². The second kappa shape index (κ2) is 4.86. The Kier molecular flexibility index (Phi) is 4.07. The van der Waals surface area contributed by atoms with E-state index in [4.69, 9.17) is 0 Å². The quantitative estimate of drug-likeness (QED) is 0.685. The van der Waals surface area contributed by atoms with E-state index in [2.05, 4.69) is 26.1 Å². The van der Waals surface area contributed by atoms with Gasteiger partial charge < -0.3 is 5.32 Å². The van der Waals surface area contributed by atoms with Crippen LogP contribution in [0.5, 0.6) is 0 Å². The fraction of sp³-hybridized carbons (Fsp3) is 1.00. The predicted octanol–water partition coefficient (Wildman–Crippen LogP) is 2.95. The summed E-state index contributed by atoms with van der Waals surface area (Å²) in [6, 6.07) is 1.37. The summed E-state index contributed by atoms with van der Waals surface area (Å²) in [5.74, 6) is 0.946. The largest absolute Gasteiger partial charge is 0.312 e.